The summed E-state index contributed by atoms with van der Waals surface area (Å²) in [6, 6.07) is 3.44. The minimum Gasteiger partial charge on any atom is -0.340 e. The lowest BCUT2D eigenvalue weighted by atomic mass is 10.2. The maximum Gasteiger partial charge on any atom is 0.270 e. The summed E-state index contributed by atoms with van der Waals surface area (Å²) in [4.78, 5) is 15.6. The molecule has 1 rings (SSSR count). The van der Waals surface area contributed by atoms with Gasteiger partial charge in [-0.1, -0.05) is 12.0 Å². The van der Waals surface area contributed by atoms with Crippen LogP contribution in [0.15, 0.2) is 12.1 Å². The summed E-state index contributed by atoms with van der Waals surface area (Å²) in [5.41, 5.74) is 7.55. The Bertz CT molecular complexity index is 407. The maximum atomic E-state index is 11.5. The molecule has 0 aliphatic carbocycles. The Morgan fingerprint density at radius 3 is 2.93 bits per heavy atom. The smallest absolute Gasteiger partial charge is 0.270 e. The molecule has 4 nitrogen and oxygen atoms in total. The van der Waals surface area contributed by atoms with Crippen LogP contribution in [0.4, 0.5) is 0 Å². The number of carbonyl (C=O) groups excluding carboxylic acids is 1. The normalized spacial score (nSPS) is 9.40. The number of terminal acetylenes is 1. The van der Waals surface area contributed by atoms with Crippen molar-refractivity contribution in [3.05, 3.63) is 29.1 Å². The number of pyridine rings is 1. The molecule has 15 heavy (non-hydrogen) atoms. The number of nitrogens with two attached hydrogens (primary N) is 1. The van der Waals surface area contributed by atoms with Crippen molar-refractivity contribution in [3.8, 4) is 12.3 Å². The molecule has 3 N–H and O–H groups in total. The molecule has 0 aliphatic rings. The van der Waals surface area contributed by atoms with Crippen molar-refractivity contribution < 1.29 is 4.79 Å². The number of hydrogen-bond donors (Lipinski definition) is 2. The van der Waals surface area contributed by atoms with E-state index < -0.39 is 0 Å². The highest BCUT2D eigenvalue weighted by Gasteiger charge is 2.07. The van der Waals surface area contributed by atoms with Crippen molar-refractivity contribution in [2.24, 2.45) is 5.73 Å². The maximum absolute atomic E-state index is 11.5. The first kappa shape index (κ1) is 11.2. The van der Waals surface area contributed by atoms with Crippen LogP contribution in [0.25, 0.3) is 0 Å². The van der Waals surface area contributed by atoms with Crippen LogP contribution < -0.4 is 11.1 Å². The van der Waals surface area contributed by atoms with Crippen LogP contribution >= 0.6 is 0 Å². The molecule has 0 spiro atoms. The van der Waals surface area contributed by atoms with Gasteiger partial charge in [0.1, 0.15) is 5.69 Å². The highest BCUT2D eigenvalue weighted by molar-refractivity contribution is 5.92. The van der Waals surface area contributed by atoms with Gasteiger partial charge in [-0.2, -0.15) is 0 Å². The Balaban J connectivity index is 2.84. The predicted molar refractivity (Wildman–Crippen MR) is 58.0 cm³/mol. The van der Waals surface area contributed by atoms with Gasteiger partial charge in [-0.05, 0) is 18.6 Å². The summed E-state index contributed by atoms with van der Waals surface area (Å²) in [5, 5.41) is 2.54. The largest absolute Gasteiger partial charge is 0.340 e. The molecule has 0 radical (unpaired) electrons. The van der Waals surface area contributed by atoms with E-state index in [1.54, 1.807) is 12.1 Å². The Morgan fingerprint density at radius 1 is 1.67 bits per heavy atom. The van der Waals surface area contributed by atoms with Crippen molar-refractivity contribution >= 4 is 5.91 Å². The first-order chi connectivity index (χ1) is 7.19. The average molecular weight is 203 g/mol. The van der Waals surface area contributed by atoms with Gasteiger partial charge < -0.3 is 11.1 Å². The SMILES string of the molecule is C#CCNC(=O)c1ccc(CN)c(C)n1. The third-order valence-electron chi connectivity index (χ3n) is 2.00. The minimum absolute atomic E-state index is 0.207. The van der Waals surface area contributed by atoms with Gasteiger partial charge in [-0.25, -0.2) is 4.98 Å². The fraction of sp³-hybridized carbons (Fsp3) is 0.273. The summed E-state index contributed by atoms with van der Waals surface area (Å²) in [7, 11) is 0. The van der Waals surface area contributed by atoms with Gasteiger partial charge in [0.15, 0.2) is 0 Å². The van der Waals surface area contributed by atoms with Crippen LogP contribution in [0.5, 0.6) is 0 Å². The van der Waals surface area contributed by atoms with Crippen LogP contribution in [-0.4, -0.2) is 17.4 Å². The van der Waals surface area contributed by atoms with Crippen LogP contribution in [0, 0.1) is 19.3 Å². The number of rotatable bonds is 3. The number of aromatic nitrogens is 1. The van der Waals surface area contributed by atoms with E-state index in [9.17, 15) is 4.79 Å². The average Bonchev–Trinajstić information content (AvgIpc) is 2.25. The Morgan fingerprint density at radius 2 is 2.40 bits per heavy atom. The third-order valence-corrected chi connectivity index (χ3v) is 2.00. The first-order valence-electron chi connectivity index (χ1n) is 4.57. The fourth-order valence-corrected chi connectivity index (χ4v) is 1.15. The van der Waals surface area contributed by atoms with E-state index in [2.05, 4.69) is 16.2 Å². The third kappa shape index (κ3) is 2.79. The Kier molecular flexibility index (Phi) is 3.83. The van der Waals surface area contributed by atoms with E-state index in [4.69, 9.17) is 12.2 Å². The number of aryl methyl sites for hydroxylation is 1. The van der Waals surface area contributed by atoms with Crippen molar-refractivity contribution in [1.82, 2.24) is 10.3 Å². The van der Waals surface area contributed by atoms with Crippen LogP contribution in [0.3, 0.4) is 0 Å². The van der Waals surface area contributed by atoms with Crippen molar-refractivity contribution in [1.29, 1.82) is 0 Å². The number of nitrogens with zero attached hydrogens (tertiary/aromatic N) is 1. The number of carbonyl (C=O) groups is 1. The van der Waals surface area contributed by atoms with Crippen molar-refractivity contribution in [2.45, 2.75) is 13.5 Å². The lowest BCUT2D eigenvalue weighted by Crippen LogP contribution is -2.24. The van der Waals surface area contributed by atoms with E-state index in [0.717, 1.165) is 11.3 Å². The second-order valence-corrected chi connectivity index (χ2v) is 3.03. The topological polar surface area (TPSA) is 68.0 Å². The molecule has 0 saturated heterocycles. The zero-order chi connectivity index (χ0) is 11.3. The molecule has 0 aromatic carbocycles. The van der Waals surface area contributed by atoms with Gasteiger partial charge in [-0.3, -0.25) is 4.79 Å². The second-order valence-electron chi connectivity index (χ2n) is 3.03. The van der Waals surface area contributed by atoms with Gasteiger partial charge in [-0.15, -0.1) is 6.42 Å². The standard InChI is InChI=1S/C11H13N3O/c1-3-6-13-11(15)10-5-4-9(7-12)8(2)14-10/h1,4-5H,6-7,12H2,2H3,(H,13,15). The fourth-order valence-electron chi connectivity index (χ4n) is 1.15. The molecule has 0 unspecified atom stereocenters. The van der Waals surface area contributed by atoms with E-state index in [1.807, 2.05) is 6.92 Å². The molecule has 4 heteroatoms. The molecular weight excluding hydrogens is 190 g/mol. The lowest BCUT2D eigenvalue weighted by molar-refractivity contribution is 0.0953. The van der Waals surface area contributed by atoms with Gasteiger partial charge in [0.2, 0.25) is 0 Å². The Hall–Kier alpha value is -1.86. The highest BCUT2D eigenvalue weighted by Crippen LogP contribution is 2.05. The van der Waals surface area contributed by atoms with Gasteiger partial charge in [0.25, 0.3) is 5.91 Å². The molecule has 0 atom stereocenters. The lowest BCUT2D eigenvalue weighted by Gasteiger charge is -2.05. The molecule has 78 valence electrons. The molecule has 0 saturated carbocycles. The minimum atomic E-state index is -0.264. The molecule has 1 heterocycles. The van der Waals surface area contributed by atoms with Crippen LogP contribution in [-0.2, 0) is 6.54 Å². The van der Waals surface area contributed by atoms with E-state index >= 15 is 0 Å². The second kappa shape index (κ2) is 5.13. The van der Waals surface area contributed by atoms with Gasteiger partial charge >= 0.3 is 0 Å². The quantitative estimate of drug-likeness (QED) is 0.690. The zero-order valence-corrected chi connectivity index (χ0v) is 8.58. The number of amides is 1. The summed E-state index contributed by atoms with van der Waals surface area (Å²) in [5.74, 6) is 2.06. The number of nitrogens with one attached hydrogen (secondary N) is 1. The molecule has 0 bridgehead atoms. The molecular formula is C11H13N3O. The van der Waals surface area contributed by atoms with Crippen LogP contribution in [0.1, 0.15) is 21.7 Å². The summed E-state index contributed by atoms with van der Waals surface area (Å²) in [6.45, 7) is 2.45. The van der Waals surface area contributed by atoms with E-state index in [1.165, 1.54) is 0 Å². The summed E-state index contributed by atoms with van der Waals surface area (Å²) in [6.07, 6.45) is 5.03. The molecule has 1 aromatic heterocycles. The molecule has 0 fully saturated rings. The summed E-state index contributed by atoms with van der Waals surface area (Å²) >= 11 is 0. The van der Waals surface area contributed by atoms with E-state index in [0.29, 0.717) is 12.2 Å². The predicted octanol–water partition coefficient (Wildman–Crippen LogP) is 0.212. The van der Waals surface area contributed by atoms with Crippen molar-refractivity contribution in [3.63, 3.8) is 0 Å². The van der Waals surface area contributed by atoms with Gasteiger partial charge in [0.05, 0.1) is 6.54 Å². The number of hydrogen-bond acceptors (Lipinski definition) is 3. The van der Waals surface area contributed by atoms with E-state index in [-0.39, 0.29) is 12.5 Å². The molecule has 1 amide bonds. The van der Waals surface area contributed by atoms with Gasteiger partial charge in [0, 0.05) is 12.2 Å². The summed E-state index contributed by atoms with van der Waals surface area (Å²) < 4.78 is 0. The first-order valence-corrected chi connectivity index (χ1v) is 4.57. The van der Waals surface area contributed by atoms with Crippen molar-refractivity contribution in [2.75, 3.05) is 6.54 Å². The molecule has 0 aliphatic heterocycles. The van der Waals surface area contributed by atoms with Crippen LogP contribution in [0.2, 0.25) is 0 Å². The highest BCUT2D eigenvalue weighted by atomic mass is 16.1. The Labute approximate surface area is 88.9 Å². The monoisotopic (exact) mass is 203 g/mol. The zero-order valence-electron chi connectivity index (χ0n) is 8.58. The molecule has 1 aromatic rings.